The van der Waals surface area contributed by atoms with Gasteiger partial charge in [-0.3, -0.25) is 9.69 Å². The molecule has 2 fully saturated rings. The van der Waals surface area contributed by atoms with Crippen LogP contribution in [-0.2, 0) is 24.5 Å². The maximum atomic E-state index is 13.3. The Hall–Kier alpha value is -2.58. The van der Waals surface area contributed by atoms with Crippen LogP contribution in [0.1, 0.15) is 32.3 Å². The van der Waals surface area contributed by atoms with Gasteiger partial charge in [-0.1, -0.05) is 25.1 Å². The Morgan fingerprint density at radius 3 is 2.75 bits per heavy atom. The quantitative estimate of drug-likeness (QED) is 0.536. The van der Waals surface area contributed by atoms with Crippen LogP contribution < -0.4 is 10.1 Å². The van der Waals surface area contributed by atoms with E-state index in [-0.39, 0.29) is 6.04 Å². The molecule has 1 aromatic carbocycles. The number of hydrogen-bond acceptors (Lipinski definition) is 8. The molecule has 4 aliphatic rings. The standard InChI is InChI=1S/C24H30N2O6/c1-5-22-9-6-11-26-12-10-23(19(22)26)16-8-7-15(30-3)13-17(16)25-18(23)24(29,21(28)31-4)20(22)32-14(2)27/h6-9,13,18-20,25,29H,5,10-12H2,1-4H3/t18-,19-,20+,22+,23-,24-/m0/s1. The van der Waals surface area contributed by atoms with E-state index in [1.165, 1.54) is 14.0 Å². The van der Waals surface area contributed by atoms with E-state index in [1.807, 2.05) is 25.1 Å². The fourth-order valence-corrected chi connectivity index (χ4v) is 7.18. The van der Waals surface area contributed by atoms with Crippen LogP contribution in [0.5, 0.6) is 5.75 Å². The summed E-state index contributed by atoms with van der Waals surface area (Å²) < 4.78 is 16.4. The predicted octanol–water partition coefficient (Wildman–Crippen LogP) is 1.62. The van der Waals surface area contributed by atoms with Crippen LogP contribution in [0.15, 0.2) is 30.4 Å². The van der Waals surface area contributed by atoms with E-state index in [0.29, 0.717) is 12.2 Å². The second-order valence-electron chi connectivity index (χ2n) is 9.35. The molecule has 8 nitrogen and oxygen atoms in total. The molecule has 1 aliphatic carbocycles. The minimum atomic E-state index is -2.09. The van der Waals surface area contributed by atoms with Crippen LogP contribution in [0, 0.1) is 5.41 Å². The number of esters is 2. The summed E-state index contributed by atoms with van der Waals surface area (Å²) in [4.78, 5) is 28.0. The topological polar surface area (TPSA) is 97.3 Å². The summed E-state index contributed by atoms with van der Waals surface area (Å²) in [5, 5.41) is 15.7. The molecule has 0 aromatic heterocycles. The van der Waals surface area contributed by atoms with Crippen molar-refractivity contribution < 1.29 is 28.9 Å². The van der Waals surface area contributed by atoms with E-state index in [0.717, 1.165) is 30.8 Å². The van der Waals surface area contributed by atoms with Crippen molar-refractivity contribution in [2.24, 2.45) is 5.41 Å². The van der Waals surface area contributed by atoms with Gasteiger partial charge in [0.05, 0.1) is 20.3 Å². The van der Waals surface area contributed by atoms with E-state index in [1.54, 1.807) is 7.11 Å². The lowest BCUT2D eigenvalue weighted by Crippen LogP contribution is -2.80. The molecule has 0 bridgehead atoms. The molecule has 1 saturated carbocycles. The van der Waals surface area contributed by atoms with E-state index in [9.17, 15) is 14.7 Å². The zero-order valence-electron chi connectivity index (χ0n) is 18.9. The fraction of sp³-hybridized carbons (Fsp3) is 0.583. The number of carbonyl (C=O) groups is 2. The molecule has 172 valence electrons. The van der Waals surface area contributed by atoms with Crippen LogP contribution in [-0.4, -0.2) is 73.0 Å². The number of ether oxygens (including phenoxy) is 3. The van der Waals surface area contributed by atoms with Crippen molar-refractivity contribution in [3.05, 3.63) is 35.9 Å². The molecule has 8 heteroatoms. The average Bonchev–Trinajstić information content (AvgIpc) is 3.35. The van der Waals surface area contributed by atoms with Crippen molar-refractivity contribution in [1.82, 2.24) is 4.90 Å². The lowest BCUT2D eigenvalue weighted by molar-refractivity contribution is -0.226. The van der Waals surface area contributed by atoms with E-state index >= 15 is 0 Å². The van der Waals surface area contributed by atoms with Gasteiger partial charge in [0.1, 0.15) is 5.75 Å². The molecule has 1 spiro atoms. The highest BCUT2D eigenvalue weighted by Gasteiger charge is 2.79. The number of carbonyl (C=O) groups excluding carboxylic acids is 2. The summed E-state index contributed by atoms with van der Waals surface area (Å²) in [6.07, 6.45) is 4.35. The highest BCUT2D eigenvalue weighted by atomic mass is 16.6. The number of aliphatic hydroxyl groups is 1. The average molecular weight is 443 g/mol. The van der Waals surface area contributed by atoms with Crippen LogP contribution >= 0.6 is 0 Å². The first-order valence-electron chi connectivity index (χ1n) is 11.1. The molecule has 1 saturated heterocycles. The SMILES string of the molecule is CC[C@]12C=CCN3CC[C@@]4(c5ccc(OC)cc5N[C@@H]4[C@@](O)(C(=O)OC)[C@@H]1OC(C)=O)[C@@H]32. The van der Waals surface area contributed by atoms with Gasteiger partial charge < -0.3 is 24.6 Å². The van der Waals surface area contributed by atoms with Crippen molar-refractivity contribution in [3.8, 4) is 5.75 Å². The summed E-state index contributed by atoms with van der Waals surface area (Å²) in [5.74, 6) is -0.660. The van der Waals surface area contributed by atoms with Gasteiger partial charge in [-0.15, -0.1) is 0 Å². The van der Waals surface area contributed by atoms with Gasteiger partial charge in [0.25, 0.3) is 0 Å². The second-order valence-corrected chi connectivity index (χ2v) is 9.35. The Labute approximate surface area is 187 Å². The first kappa shape index (κ1) is 21.3. The Balaban J connectivity index is 1.82. The summed E-state index contributed by atoms with van der Waals surface area (Å²) in [6.45, 7) is 4.91. The Morgan fingerprint density at radius 1 is 1.31 bits per heavy atom. The number of methoxy groups -OCH3 is 2. The molecule has 5 rings (SSSR count). The first-order chi connectivity index (χ1) is 15.3. The first-order valence-corrected chi connectivity index (χ1v) is 11.1. The highest BCUT2D eigenvalue weighted by molar-refractivity contribution is 5.86. The summed E-state index contributed by atoms with van der Waals surface area (Å²) in [5.41, 5.74) is -1.55. The van der Waals surface area contributed by atoms with E-state index < -0.39 is 40.5 Å². The number of benzene rings is 1. The summed E-state index contributed by atoms with van der Waals surface area (Å²) in [7, 11) is 2.86. The lowest BCUT2D eigenvalue weighted by atomic mass is 9.48. The predicted molar refractivity (Wildman–Crippen MR) is 116 cm³/mol. The van der Waals surface area contributed by atoms with Gasteiger partial charge in [-0.25, -0.2) is 4.79 Å². The molecule has 2 N–H and O–H groups in total. The van der Waals surface area contributed by atoms with Gasteiger partial charge in [-0.2, -0.15) is 0 Å². The Bertz CT molecular complexity index is 1010. The molecular formula is C24H30N2O6. The molecule has 32 heavy (non-hydrogen) atoms. The molecule has 3 aliphatic heterocycles. The lowest BCUT2D eigenvalue weighted by Gasteiger charge is -2.62. The molecule has 0 unspecified atom stereocenters. The molecule has 1 aromatic rings. The van der Waals surface area contributed by atoms with Crippen molar-refractivity contribution in [2.75, 3.05) is 32.6 Å². The number of nitrogens with one attached hydrogen (secondary N) is 1. The highest BCUT2D eigenvalue weighted by Crippen LogP contribution is 2.66. The third kappa shape index (κ3) is 2.34. The fourth-order valence-electron chi connectivity index (χ4n) is 7.18. The number of hydrogen-bond donors (Lipinski definition) is 2. The second kappa shape index (κ2) is 6.96. The summed E-state index contributed by atoms with van der Waals surface area (Å²) in [6, 6.07) is 5.06. The van der Waals surface area contributed by atoms with Crippen molar-refractivity contribution in [1.29, 1.82) is 0 Å². The molecule has 0 radical (unpaired) electrons. The molecular weight excluding hydrogens is 412 g/mol. The van der Waals surface area contributed by atoms with Crippen molar-refractivity contribution >= 4 is 17.6 Å². The monoisotopic (exact) mass is 442 g/mol. The Morgan fingerprint density at radius 2 is 2.09 bits per heavy atom. The van der Waals surface area contributed by atoms with Gasteiger partial charge in [0.2, 0.25) is 5.60 Å². The van der Waals surface area contributed by atoms with Crippen molar-refractivity contribution in [2.45, 2.75) is 55.9 Å². The Kier molecular flexibility index (Phi) is 4.63. The third-order valence-electron chi connectivity index (χ3n) is 8.22. The van der Waals surface area contributed by atoms with Crippen LogP contribution in [0.2, 0.25) is 0 Å². The molecule has 0 amide bonds. The zero-order chi connectivity index (χ0) is 22.9. The van der Waals surface area contributed by atoms with Gasteiger partial charge >= 0.3 is 11.9 Å². The maximum absolute atomic E-state index is 13.3. The third-order valence-corrected chi connectivity index (χ3v) is 8.22. The van der Waals surface area contributed by atoms with Crippen LogP contribution in [0.3, 0.4) is 0 Å². The normalized spacial score (nSPS) is 38.8. The number of nitrogens with zero attached hydrogens (tertiary/aromatic N) is 1. The van der Waals surface area contributed by atoms with E-state index in [2.05, 4.69) is 22.4 Å². The molecule has 3 heterocycles. The maximum Gasteiger partial charge on any atom is 0.344 e. The minimum Gasteiger partial charge on any atom is -0.497 e. The van der Waals surface area contributed by atoms with Gasteiger partial charge in [0, 0.05) is 42.1 Å². The number of rotatable bonds is 4. The zero-order valence-corrected chi connectivity index (χ0v) is 18.9. The number of fused-ring (bicyclic) bond motifs is 1. The molecule has 6 atom stereocenters. The van der Waals surface area contributed by atoms with Crippen molar-refractivity contribution in [3.63, 3.8) is 0 Å². The van der Waals surface area contributed by atoms with Crippen LogP contribution in [0.25, 0.3) is 0 Å². The van der Waals surface area contributed by atoms with Gasteiger partial charge in [0.15, 0.2) is 6.10 Å². The smallest absolute Gasteiger partial charge is 0.344 e. The largest absolute Gasteiger partial charge is 0.497 e. The summed E-state index contributed by atoms with van der Waals surface area (Å²) >= 11 is 0. The number of anilines is 1. The van der Waals surface area contributed by atoms with Gasteiger partial charge in [-0.05, 0) is 31.0 Å². The minimum absolute atomic E-state index is 0.0635. The van der Waals surface area contributed by atoms with E-state index in [4.69, 9.17) is 14.2 Å². The van der Waals surface area contributed by atoms with Crippen LogP contribution in [0.4, 0.5) is 5.69 Å².